The van der Waals surface area contributed by atoms with Crippen molar-refractivity contribution in [2.75, 3.05) is 50.4 Å². The van der Waals surface area contributed by atoms with Gasteiger partial charge in [-0.1, -0.05) is 0 Å². The second-order valence-corrected chi connectivity index (χ2v) is 9.38. The third-order valence-corrected chi connectivity index (χ3v) is 7.13. The van der Waals surface area contributed by atoms with Gasteiger partial charge in [0.05, 0.1) is 16.9 Å². The van der Waals surface area contributed by atoms with Crippen molar-refractivity contribution < 1.29 is 13.6 Å². The van der Waals surface area contributed by atoms with Crippen LogP contribution in [0.3, 0.4) is 0 Å². The molecule has 0 saturated carbocycles. The number of hydrogen-bond acceptors (Lipinski definition) is 6. The number of hydrogen-bond donors (Lipinski definition) is 1. The van der Waals surface area contributed by atoms with Gasteiger partial charge in [-0.2, -0.15) is 0 Å². The molecule has 9 heteroatoms. The fourth-order valence-corrected chi connectivity index (χ4v) is 5.06. The molecule has 0 unspecified atom stereocenters. The largest absolute Gasteiger partial charge is 0.395 e. The number of nitrogens with two attached hydrogens (primary N) is 1. The Morgan fingerprint density at radius 3 is 2.60 bits per heavy atom. The van der Waals surface area contributed by atoms with E-state index in [0.29, 0.717) is 36.7 Å². The molecular formula is C21H27F2N5OS. The molecule has 0 aliphatic carbocycles. The van der Waals surface area contributed by atoms with E-state index < -0.39 is 11.6 Å². The van der Waals surface area contributed by atoms with E-state index in [-0.39, 0.29) is 33.9 Å². The van der Waals surface area contributed by atoms with E-state index in [1.165, 1.54) is 6.07 Å². The number of anilines is 2. The van der Waals surface area contributed by atoms with Crippen LogP contribution in [-0.2, 0) is 0 Å². The van der Waals surface area contributed by atoms with Crippen LogP contribution in [-0.4, -0.2) is 66.5 Å². The normalized spacial score (nSPS) is 20.2. The fourth-order valence-electron chi connectivity index (χ4n) is 4.12. The number of piperazine rings is 1. The number of nitrogen functional groups attached to an aromatic ring is 1. The molecule has 30 heavy (non-hydrogen) atoms. The summed E-state index contributed by atoms with van der Waals surface area (Å²) in [4.78, 5) is 23.5. The lowest BCUT2D eigenvalue weighted by Gasteiger charge is -2.39. The van der Waals surface area contributed by atoms with E-state index in [9.17, 15) is 4.79 Å². The summed E-state index contributed by atoms with van der Waals surface area (Å²) in [5.74, 6) is -1.70. The summed E-state index contributed by atoms with van der Waals surface area (Å²) in [6.45, 7) is 7.29. The number of halogens is 2. The van der Waals surface area contributed by atoms with Gasteiger partial charge < -0.3 is 20.4 Å². The van der Waals surface area contributed by atoms with Gasteiger partial charge in [0.15, 0.2) is 5.82 Å². The Hall–Kier alpha value is -2.26. The molecule has 1 aromatic heterocycles. The van der Waals surface area contributed by atoms with Gasteiger partial charge in [0.1, 0.15) is 16.5 Å². The van der Waals surface area contributed by atoms with Gasteiger partial charge in [-0.05, 0) is 33.7 Å². The Morgan fingerprint density at radius 1 is 1.23 bits per heavy atom. The summed E-state index contributed by atoms with van der Waals surface area (Å²) < 4.78 is 30.3. The number of nitrogens with zero attached hydrogens (tertiary/aromatic N) is 4. The van der Waals surface area contributed by atoms with Crippen molar-refractivity contribution in [1.29, 1.82) is 0 Å². The molecule has 2 aliphatic rings. The van der Waals surface area contributed by atoms with E-state index in [1.54, 1.807) is 11.8 Å². The maximum Gasteiger partial charge on any atom is 0.273 e. The molecule has 1 atom stereocenters. The van der Waals surface area contributed by atoms with Crippen molar-refractivity contribution in [1.82, 2.24) is 14.8 Å². The van der Waals surface area contributed by atoms with Gasteiger partial charge in [-0.3, -0.25) is 4.79 Å². The lowest BCUT2D eigenvalue weighted by molar-refractivity contribution is 0.0787. The molecule has 6 nitrogen and oxygen atoms in total. The topological polar surface area (TPSA) is 65.7 Å². The number of carbonyl (C=O) groups excluding carboxylic acids is 1. The maximum absolute atomic E-state index is 15.2. The molecule has 0 spiro atoms. The van der Waals surface area contributed by atoms with Crippen LogP contribution in [0.4, 0.5) is 20.2 Å². The second-order valence-electron chi connectivity index (χ2n) is 8.18. The van der Waals surface area contributed by atoms with Crippen molar-refractivity contribution in [2.45, 2.75) is 32.7 Å². The molecule has 0 radical (unpaired) electrons. The Labute approximate surface area is 179 Å². The van der Waals surface area contributed by atoms with Crippen LogP contribution in [0.1, 0.15) is 35.1 Å². The molecule has 2 aromatic rings. The average molecular weight is 436 g/mol. The molecule has 1 aromatic carbocycles. The highest BCUT2D eigenvalue weighted by Gasteiger charge is 2.29. The standard InChI is InChI=1S/C21H27F2N5OS/c1-12-11-28(9-8-26(12)3)15-10-14(22)16(17(23)18(15)24)20-25-19(13(2)30-20)21(29)27-6-4-5-7-27/h10,12H,4-9,11,24H2,1-3H3/t12-/m0/s1. The maximum atomic E-state index is 15.2. The molecule has 2 N–H and O–H groups in total. The first kappa shape index (κ1) is 21.0. The van der Waals surface area contributed by atoms with Crippen molar-refractivity contribution in [3.63, 3.8) is 0 Å². The first-order chi connectivity index (χ1) is 14.3. The summed E-state index contributed by atoms with van der Waals surface area (Å²) >= 11 is 1.12. The number of likely N-dealkylation sites (N-methyl/N-ethyl adjacent to an activating group) is 1. The summed E-state index contributed by atoms with van der Waals surface area (Å²) in [6.07, 6.45) is 1.93. The monoisotopic (exact) mass is 435 g/mol. The number of amides is 1. The Bertz CT molecular complexity index is 973. The number of benzene rings is 1. The zero-order valence-corrected chi connectivity index (χ0v) is 18.4. The molecule has 2 aliphatic heterocycles. The van der Waals surface area contributed by atoms with Gasteiger partial charge in [0.25, 0.3) is 5.91 Å². The zero-order valence-electron chi connectivity index (χ0n) is 17.5. The van der Waals surface area contributed by atoms with Crippen molar-refractivity contribution in [3.05, 3.63) is 28.3 Å². The quantitative estimate of drug-likeness (QED) is 0.749. The minimum absolute atomic E-state index is 0.0802. The number of rotatable bonds is 3. The van der Waals surface area contributed by atoms with Gasteiger partial charge in [-0.15, -0.1) is 11.3 Å². The molecule has 0 bridgehead atoms. The molecule has 2 fully saturated rings. The van der Waals surface area contributed by atoms with Crippen molar-refractivity contribution >= 4 is 28.6 Å². The van der Waals surface area contributed by atoms with Gasteiger partial charge in [-0.25, -0.2) is 13.8 Å². The molecular weight excluding hydrogens is 408 g/mol. The van der Waals surface area contributed by atoms with Gasteiger partial charge >= 0.3 is 0 Å². The van der Waals surface area contributed by atoms with Gasteiger partial charge in [0, 0.05) is 49.7 Å². The first-order valence-electron chi connectivity index (χ1n) is 10.3. The predicted molar refractivity (Wildman–Crippen MR) is 116 cm³/mol. The van der Waals surface area contributed by atoms with E-state index >= 15 is 8.78 Å². The minimum Gasteiger partial charge on any atom is -0.395 e. The number of aromatic nitrogens is 1. The molecule has 162 valence electrons. The van der Waals surface area contributed by atoms with Gasteiger partial charge in [0.2, 0.25) is 0 Å². The van der Waals surface area contributed by atoms with E-state index in [2.05, 4.69) is 16.8 Å². The van der Waals surface area contributed by atoms with Crippen molar-refractivity contribution in [3.8, 4) is 10.6 Å². The molecule has 1 amide bonds. The molecule has 3 heterocycles. The third kappa shape index (κ3) is 3.65. The van der Waals surface area contributed by atoms with Crippen LogP contribution in [0.15, 0.2) is 6.07 Å². The number of likely N-dealkylation sites (tertiary alicyclic amines) is 1. The van der Waals surface area contributed by atoms with Crippen LogP contribution in [0.25, 0.3) is 10.6 Å². The summed E-state index contributed by atoms with van der Waals surface area (Å²) in [6, 6.07) is 1.55. The van der Waals surface area contributed by atoms with Crippen LogP contribution >= 0.6 is 11.3 Å². The lowest BCUT2D eigenvalue weighted by atomic mass is 10.1. The molecule has 2 saturated heterocycles. The van der Waals surface area contributed by atoms with Crippen LogP contribution in [0.5, 0.6) is 0 Å². The van der Waals surface area contributed by atoms with E-state index in [0.717, 1.165) is 30.7 Å². The van der Waals surface area contributed by atoms with Crippen LogP contribution < -0.4 is 10.6 Å². The highest BCUT2D eigenvalue weighted by molar-refractivity contribution is 7.15. The van der Waals surface area contributed by atoms with E-state index in [1.807, 2.05) is 11.9 Å². The minimum atomic E-state index is -0.814. The second kappa shape index (κ2) is 8.11. The SMILES string of the molecule is Cc1sc(-c2c(F)cc(N3CCN(C)[C@@H](C)C3)c(N)c2F)nc1C(=O)N1CCCC1. The molecule has 4 rings (SSSR count). The lowest BCUT2D eigenvalue weighted by Crippen LogP contribution is -2.50. The zero-order chi connectivity index (χ0) is 21.6. The number of aryl methyl sites for hydroxylation is 1. The van der Waals surface area contributed by atoms with Crippen molar-refractivity contribution in [2.24, 2.45) is 0 Å². The first-order valence-corrected chi connectivity index (χ1v) is 11.1. The summed E-state index contributed by atoms with van der Waals surface area (Å²) in [5.41, 5.74) is 6.41. The fraction of sp³-hybridized carbons (Fsp3) is 0.524. The smallest absolute Gasteiger partial charge is 0.273 e. The number of carbonyl (C=O) groups is 1. The average Bonchev–Trinajstić information content (AvgIpc) is 3.37. The Balaban J connectivity index is 1.68. The highest BCUT2D eigenvalue weighted by atomic mass is 32.1. The Kier molecular flexibility index (Phi) is 5.67. The van der Waals surface area contributed by atoms with E-state index in [4.69, 9.17) is 5.73 Å². The summed E-state index contributed by atoms with van der Waals surface area (Å²) in [5, 5.41) is 0.148. The van der Waals surface area contributed by atoms with Crippen LogP contribution in [0, 0.1) is 18.6 Å². The third-order valence-electron chi connectivity index (χ3n) is 6.14. The predicted octanol–water partition coefficient (Wildman–Crippen LogP) is 3.36. The highest BCUT2D eigenvalue weighted by Crippen LogP contribution is 2.39. The number of thiazole rings is 1. The summed E-state index contributed by atoms with van der Waals surface area (Å²) in [7, 11) is 2.03. The Morgan fingerprint density at radius 2 is 1.93 bits per heavy atom. The van der Waals surface area contributed by atoms with Crippen LogP contribution in [0.2, 0.25) is 0 Å².